The Morgan fingerprint density at radius 3 is 2.82 bits per heavy atom. The average Bonchev–Trinajstić information content (AvgIpc) is 2.53. The van der Waals surface area contributed by atoms with Crippen LogP contribution >= 0.6 is 11.6 Å². The molecule has 1 aromatic rings. The number of halogens is 1. The Bertz CT molecular complexity index is 604. The second-order valence-electron chi connectivity index (χ2n) is 6.01. The predicted octanol–water partition coefficient (Wildman–Crippen LogP) is 2.74. The van der Waals surface area contributed by atoms with Gasteiger partial charge in [0, 0.05) is 23.7 Å². The minimum atomic E-state index is -0.302. The average molecular weight is 322 g/mol. The van der Waals surface area contributed by atoms with E-state index in [1.165, 1.54) is 0 Å². The maximum absolute atomic E-state index is 12.6. The number of ether oxygens (including phenoxy) is 1. The molecule has 1 unspecified atom stereocenters. The van der Waals surface area contributed by atoms with E-state index in [9.17, 15) is 9.90 Å². The zero-order chi connectivity index (χ0) is 15.7. The minimum Gasteiger partial charge on any atom is -0.488 e. The topological polar surface area (TPSA) is 49.8 Å². The van der Waals surface area contributed by atoms with Crippen LogP contribution in [0.15, 0.2) is 23.8 Å². The van der Waals surface area contributed by atoms with Crippen LogP contribution in [0.1, 0.15) is 25.3 Å². The summed E-state index contributed by atoms with van der Waals surface area (Å²) in [7, 11) is 0. The Kier molecular flexibility index (Phi) is 4.41. The molecule has 0 saturated carbocycles. The highest BCUT2D eigenvalue weighted by atomic mass is 35.5. The molecule has 4 nitrogen and oxygen atoms in total. The van der Waals surface area contributed by atoms with Crippen LogP contribution in [0.5, 0.6) is 5.75 Å². The number of benzene rings is 1. The molecule has 2 aliphatic heterocycles. The molecule has 1 atom stereocenters. The summed E-state index contributed by atoms with van der Waals surface area (Å²) in [6.07, 6.45) is 3.26. The molecular weight excluding hydrogens is 302 g/mol. The van der Waals surface area contributed by atoms with Crippen molar-refractivity contribution in [2.75, 3.05) is 19.7 Å². The number of piperidine rings is 1. The third-order valence-corrected chi connectivity index (χ3v) is 4.70. The van der Waals surface area contributed by atoms with Gasteiger partial charge >= 0.3 is 0 Å². The summed E-state index contributed by atoms with van der Waals surface area (Å²) in [5.74, 6) is 1.07. The molecule has 2 aliphatic rings. The molecule has 1 N–H and O–H groups in total. The summed E-state index contributed by atoms with van der Waals surface area (Å²) in [5, 5.41) is 10.3. The second kappa shape index (κ2) is 6.31. The predicted molar refractivity (Wildman–Crippen MR) is 85.9 cm³/mol. The highest BCUT2D eigenvalue weighted by molar-refractivity contribution is 6.30. The highest BCUT2D eigenvalue weighted by Gasteiger charge is 2.28. The van der Waals surface area contributed by atoms with Crippen LogP contribution in [0.2, 0.25) is 5.02 Å². The summed E-state index contributed by atoms with van der Waals surface area (Å²) in [4.78, 5) is 14.5. The van der Waals surface area contributed by atoms with Crippen molar-refractivity contribution in [1.29, 1.82) is 0 Å². The van der Waals surface area contributed by atoms with E-state index in [1.807, 2.05) is 30.0 Å². The summed E-state index contributed by atoms with van der Waals surface area (Å²) in [5.41, 5.74) is 1.51. The van der Waals surface area contributed by atoms with Crippen LogP contribution < -0.4 is 4.74 Å². The Hall–Kier alpha value is -1.52. The molecule has 1 amide bonds. The molecule has 3 rings (SSSR count). The minimum absolute atomic E-state index is 0.0228. The van der Waals surface area contributed by atoms with E-state index >= 15 is 0 Å². The first-order valence-corrected chi connectivity index (χ1v) is 8.02. The first-order valence-electron chi connectivity index (χ1n) is 7.65. The number of amides is 1. The van der Waals surface area contributed by atoms with Crippen molar-refractivity contribution in [3.8, 4) is 5.75 Å². The third kappa shape index (κ3) is 3.13. The van der Waals surface area contributed by atoms with Gasteiger partial charge in [-0.05, 0) is 50.0 Å². The molecular formula is C17H20ClNO3. The maximum atomic E-state index is 12.6. The number of carbonyl (C=O) groups excluding carboxylic acids is 1. The van der Waals surface area contributed by atoms with Gasteiger partial charge in [0.1, 0.15) is 12.4 Å². The lowest BCUT2D eigenvalue weighted by atomic mass is 9.92. The van der Waals surface area contributed by atoms with Crippen LogP contribution in [0.4, 0.5) is 0 Å². The number of hydrogen-bond acceptors (Lipinski definition) is 3. The molecule has 118 valence electrons. The van der Waals surface area contributed by atoms with Gasteiger partial charge in [-0.2, -0.15) is 0 Å². The fourth-order valence-corrected chi connectivity index (χ4v) is 3.24. The summed E-state index contributed by atoms with van der Waals surface area (Å²) in [6.45, 7) is 3.49. The van der Waals surface area contributed by atoms with Crippen molar-refractivity contribution < 1.29 is 14.6 Å². The normalized spacial score (nSPS) is 20.0. The first-order chi connectivity index (χ1) is 10.5. The van der Waals surface area contributed by atoms with E-state index in [-0.39, 0.29) is 12.0 Å². The molecule has 2 heterocycles. The van der Waals surface area contributed by atoms with Crippen molar-refractivity contribution in [2.24, 2.45) is 5.92 Å². The highest BCUT2D eigenvalue weighted by Crippen LogP contribution is 2.30. The Labute approximate surface area is 135 Å². The molecule has 1 fully saturated rings. The van der Waals surface area contributed by atoms with Gasteiger partial charge in [0.25, 0.3) is 5.91 Å². The van der Waals surface area contributed by atoms with Gasteiger partial charge < -0.3 is 14.7 Å². The largest absolute Gasteiger partial charge is 0.488 e. The monoisotopic (exact) mass is 321 g/mol. The number of fused-ring (bicyclic) bond motifs is 1. The fourth-order valence-electron chi connectivity index (χ4n) is 3.06. The van der Waals surface area contributed by atoms with E-state index in [0.29, 0.717) is 36.2 Å². The van der Waals surface area contributed by atoms with Crippen LogP contribution in [-0.2, 0) is 4.79 Å². The van der Waals surface area contributed by atoms with Gasteiger partial charge in [0.15, 0.2) is 0 Å². The lowest BCUT2D eigenvalue weighted by Gasteiger charge is -2.34. The van der Waals surface area contributed by atoms with Gasteiger partial charge in [0.2, 0.25) is 0 Å². The molecule has 0 radical (unpaired) electrons. The number of rotatable bonds is 2. The van der Waals surface area contributed by atoms with Gasteiger partial charge in [-0.25, -0.2) is 0 Å². The lowest BCUT2D eigenvalue weighted by molar-refractivity contribution is -0.129. The van der Waals surface area contributed by atoms with E-state index in [0.717, 1.165) is 24.2 Å². The number of nitrogens with zero attached hydrogens (tertiary/aromatic N) is 1. The molecule has 0 spiro atoms. The van der Waals surface area contributed by atoms with Crippen molar-refractivity contribution in [3.63, 3.8) is 0 Å². The summed E-state index contributed by atoms with van der Waals surface area (Å²) < 4.78 is 5.65. The quantitative estimate of drug-likeness (QED) is 0.911. The van der Waals surface area contributed by atoms with E-state index in [2.05, 4.69) is 0 Å². The number of carbonyl (C=O) groups is 1. The molecule has 0 aliphatic carbocycles. The smallest absolute Gasteiger partial charge is 0.253 e. The third-order valence-electron chi connectivity index (χ3n) is 4.47. The Morgan fingerprint density at radius 1 is 1.41 bits per heavy atom. The molecule has 1 saturated heterocycles. The lowest BCUT2D eigenvalue weighted by Crippen LogP contribution is -2.42. The maximum Gasteiger partial charge on any atom is 0.253 e. The molecule has 0 bridgehead atoms. The molecule has 22 heavy (non-hydrogen) atoms. The number of aliphatic hydroxyl groups is 1. The molecule has 0 aromatic heterocycles. The Morgan fingerprint density at radius 2 is 2.14 bits per heavy atom. The zero-order valence-corrected chi connectivity index (χ0v) is 13.3. The summed E-state index contributed by atoms with van der Waals surface area (Å²) >= 11 is 5.99. The Balaban J connectivity index is 1.71. The van der Waals surface area contributed by atoms with Crippen molar-refractivity contribution >= 4 is 23.6 Å². The van der Waals surface area contributed by atoms with Gasteiger partial charge in [-0.15, -0.1) is 0 Å². The van der Waals surface area contributed by atoms with E-state index < -0.39 is 0 Å². The van der Waals surface area contributed by atoms with Crippen LogP contribution in [0.25, 0.3) is 6.08 Å². The van der Waals surface area contributed by atoms with Crippen LogP contribution in [0, 0.1) is 5.92 Å². The fraction of sp³-hybridized carbons (Fsp3) is 0.471. The van der Waals surface area contributed by atoms with Gasteiger partial charge in [-0.1, -0.05) is 11.6 Å². The standard InChI is InChI=1S/C17H20ClNO3/c1-11(20)12-4-6-19(7-5-12)17(21)14-8-13-9-15(18)2-3-16(13)22-10-14/h2-3,8-9,11-12,20H,4-7,10H2,1H3. The van der Waals surface area contributed by atoms with Crippen molar-refractivity contribution in [2.45, 2.75) is 25.9 Å². The SMILES string of the molecule is CC(O)C1CCN(C(=O)C2=Cc3cc(Cl)ccc3OC2)CC1. The molecule has 1 aromatic carbocycles. The van der Waals surface area contributed by atoms with Crippen molar-refractivity contribution in [3.05, 3.63) is 34.4 Å². The van der Waals surface area contributed by atoms with Gasteiger partial charge in [0.05, 0.1) is 11.7 Å². The molecule has 5 heteroatoms. The van der Waals surface area contributed by atoms with Crippen LogP contribution in [-0.4, -0.2) is 41.7 Å². The van der Waals surface area contributed by atoms with E-state index in [4.69, 9.17) is 16.3 Å². The zero-order valence-electron chi connectivity index (χ0n) is 12.6. The second-order valence-corrected chi connectivity index (χ2v) is 6.45. The van der Waals surface area contributed by atoms with E-state index in [1.54, 1.807) is 6.07 Å². The summed E-state index contributed by atoms with van der Waals surface area (Å²) in [6, 6.07) is 5.41. The van der Waals surface area contributed by atoms with Gasteiger partial charge in [-0.3, -0.25) is 4.79 Å². The number of aliphatic hydroxyl groups excluding tert-OH is 1. The van der Waals surface area contributed by atoms with Crippen LogP contribution in [0.3, 0.4) is 0 Å². The number of likely N-dealkylation sites (tertiary alicyclic amines) is 1. The van der Waals surface area contributed by atoms with Crippen molar-refractivity contribution in [1.82, 2.24) is 4.90 Å². The first kappa shape index (κ1) is 15.4. The number of hydrogen-bond donors (Lipinski definition) is 1.